The van der Waals surface area contributed by atoms with Crippen LogP contribution in [0.3, 0.4) is 0 Å². The molecule has 2 aromatic rings. The molecule has 0 spiro atoms. The highest BCUT2D eigenvalue weighted by Gasteiger charge is 2.16. The quantitative estimate of drug-likeness (QED) is 0.800. The van der Waals surface area contributed by atoms with Gasteiger partial charge in [0.1, 0.15) is 11.5 Å². The number of phenolic OH excluding ortho intramolecular Hbond substituents is 2. The molecule has 0 radical (unpaired) electrons. The highest BCUT2D eigenvalue weighted by atomic mass is 16.3. The third-order valence-corrected chi connectivity index (χ3v) is 3.06. The van der Waals surface area contributed by atoms with Crippen molar-refractivity contribution >= 4 is 10.8 Å². The molecular weight excluding hydrogens is 224 g/mol. The fourth-order valence-electron chi connectivity index (χ4n) is 2.23. The molecule has 2 rings (SSSR count). The first kappa shape index (κ1) is 12.2. The van der Waals surface area contributed by atoms with Crippen LogP contribution in [-0.4, -0.2) is 10.2 Å². The Balaban J connectivity index is 2.86. The Morgan fingerprint density at radius 2 is 1.39 bits per heavy atom. The standard InChI is InChI=1S/C16H16O2/c1-3-7-12-11-9-5-6-10-13(11)16(18)14(8-4-2)15(12)17/h3-6,9-10,17-18H,1-2,7-8H2. The highest BCUT2D eigenvalue weighted by molar-refractivity contribution is 5.94. The Labute approximate surface area is 107 Å². The zero-order valence-corrected chi connectivity index (χ0v) is 10.2. The Morgan fingerprint density at radius 3 is 2.00 bits per heavy atom. The SMILES string of the molecule is C=CCc1c(O)c(CC=C)c2ccccc2c1O. The minimum Gasteiger partial charge on any atom is -0.507 e. The lowest BCUT2D eigenvalue weighted by Gasteiger charge is -2.14. The van der Waals surface area contributed by atoms with Gasteiger partial charge in [-0.2, -0.15) is 0 Å². The predicted molar refractivity (Wildman–Crippen MR) is 75.1 cm³/mol. The summed E-state index contributed by atoms with van der Waals surface area (Å²) in [4.78, 5) is 0. The third kappa shape index (κ3) is 1.86. The summed E-state index contributed by atoms with van der Waals surface area (Å²) in [6.45, 7) is 7.36. The number of allylic oxidation sites excluding steroid dienone is 2. The lowest BCUT2D eigenvalue weighted by Crippen LogP contribution is -1.93. The van der Waals surface area contributed by atoms with Gasteiger partial charge in [0.25, 0.3) is 0 Å². The van der Waals surface area contributed by atoms with E-state index in [0.29, 0.717) is 18.4 Å². The number of aromatic hydroxyl groups is 2. The smallest absolute Gasteiger partial charge is 0.130 e. The second-order valence-corrected chi connectivity index (χ2v) is 4.19. The average Bonchev–Trinajstić information content (AvgIpc) is 2.39. The number of benzene rings is 2. The molecule has 0 amide bonds. The lowest BCUT2D eigenvalue weighted by atomic mass is 9.94. The maximum atomic E-state index is 10.3. The first-order chi connectivity index (χ1) is 8.70. The summed E-state index contributed by atoms with van der Waals surface area (Å²) in [7, 11) is 0. The summed E-state index contributed by atoms with van der Waals surface area (Å²) in [5, 5.41) is 22.1. The van der Waals surface area contributed by atoms with E-state index in [1.54, 1.807) is 12.2 Å². The van der Waals surface area contributed by atoms with E-state index in [2.05, 4.69) is 13.2 Å². The first-order valence-electron chi connectivity index (χ1n) is 5.86. The summed E-state index contributed by atoms with van der Waals surface area (Å²) in [6, 6.07) is 7.50. The fraction of sp³-hybridized carbons (Fsp3) is 0.125. The van der Waals surface area contributed by atoms with E-state index in [1.165, 1.54) is 0 Å². The Kier molecular flexibility index (Phi) is 3.38. The van der Waals surface area contributed by atoms with Gasteiger partial charge in [0.05, 0.1) is 0 Å². The average molecular weight is 240 g/mol. The molecule has 2 heteroatoms. The zero-order chi connectivity index (χ0) is 13.1. The van der Waals surface area contributed by atoms with Gasteiger partial charge in [-0.1, -0.05) is 36.4 Å². The molecule has 0 aliphatic rings. The second kappa shape index (κ2) is 4.96. The summed E-state index contributed by atoms with van der Waals surface area (Å²) in [6.07, 6.45) is 4.42. The second-order valence-electron chi connectivity index (χ2n) is 4.19. The molecule has 0 atom stereocenters. The number of phenols is 2. The molecule has 0 aliphatic carbocycles. The maximum Gasteiger partial charge on any atom is 0.130 e. The van der Waals surface area contributed by atoms with Crippen LogP contribution in [0, 0.1) is 0 Å². The Hall–Kier alpha value is -2.22. The van der Waals surface area contributed by atoms with E-state index in [0.717, 1.165) is 16.3 Å². The van der Waals surface area contributed by atoms with Crippen LogP contribution in [0.1, 0.15) is 11.1 Å². The summed E-state index contributed by atoms with van der Waals surface area (Å²) in [5.74, 6) is 0.279. The molecule has 92 valence electrons. The monoisotopic (exact) mass is 240 g/mol. The summed E-state index contributed by atoms with van der Waals surface area (Å²) in [5.41, 5.74) is 1.33. The molecule has 0 saturated heterocycles. The summed E-state index contributed by atoms with van der Waals surface area (Å²) < 4.78 is 0. The normalized spacial score (nSPS) is 10.4. The molecule has 0 fully saturated rings. The van der Waals surface area contributed by atoms with E-state index in [4.69, 9.17) is 0 Å². The number of hydrogen-bond donors (Lipinski definition) is 2. The van der Waals surface area contributed by atoms with Gasteiger partial charge in [-0.15, -0.1) is 13.2 Å². The fourth-order valence-corrected chi connectivity index (χ4v) is 2.23. The summed E-state index contributed by atoms with van der Waals surface area (Å²) >= 11 is 0. The van der Waals surface area contributed by atoms with Gasteiger partial charge in [-0.3, -0.25) is 0 Å². The van der Waals surface area contributed by atoms with Crippen LogP contribution < -0.4 is 0 Å². The van der Waals surface area contributed by atoms with Crippen LogP contribution in [0.2, 0.25) is 0 Å². The van der Waals surface area contributed by atoms with Crippen molar-refractivity contribution < 1.29 is 10.2 Å². The van der Waals surface area contributed by atoms with E-state index in [1.807, 2.05) is 24.3 Å². The van der Waals surface area contributed by atoms with Crippen LogP contribution in [-0.2, 0) is 12.8 Å². The van der Waals surface area contributed by atoms with Gasteiger partial charge < -0.3 is 10.2 Å². The van der Waals surface area contributed by atoms with Gasteiger partial charge >= 0.3 is 0 Å². The van der Waals surface area contributed by atoms with Crippen LogP contribution in [0.25, 0.3) is 10.8 Å². The van der Waals surface area contributed by atoms with Crippen molar-refractivity contribution in [3.63, 3.8) is 0 Å². The van der Waals surface area contributed by atoms with Crippen molar-refractivity contribution in [1.29, 1.82) is 0 Å². The molecule has 0 unspecified atom stereocenters. The van der Waals surface area contributed by atoms with E-state index >= 15 is 0 Å². The minimum atomic E-state index is 0.135. The van der Waals surface area contributed by atoms with Gasteiger partial charge in [-0.05, 0) is 18.2 Å². The molecule has 0 aromatic heterocycles. The van der Waals surface area contributed by atoms with Gasteiger partial charge in [0, 0.05) is 16.5 Å². The largest absolute Gasteiger partial charge is 0.507 e. The van der Waals surface area contributed by atoms with Crippen molar-refractivity contribution in [2.24, 2.45) is 0 Å². The van der Waals surface area contributed by atoms with Crippen molar-refractivity contribution in [3.05, 3.63) is 60.7 Å². The molecule has 0 heterocycles. The molecule has 2 nitrogen and oxygen atoms in total. The van der Waals surface area contributed by atoms with Crippen LogP contribution >= 0.6 is 0 Å². The number of fused-ring (bicyclic) bond motifs is 1. The molecule has 0 aliphatic heterocycles. The lowest BCUT2D eigenvalue weighted by molar-refractivity contribution is 0.442. The molecule has 2 N–H and O–H groups in total. The van der Waals surface area contributed by atoms with Gasteiger partial charge in [-0.25, -0.2) is 0 Å². The molecule has 18 heavy (non-hydrogen) atoms. The maximum absolute atomic E-state index is 10.3. The van der Waals surface area contributed by atoms with E-state index in [9.17, 15) is 10.2 Å². The van der Waals surface area contributed by atoms with Gasteiger partial charge in [0.2, 0.25) is 0 Å². The first-order valence-corrected chi connectivity index (χ1v) is 5.86. The van der Waals surface area contributed by atoms with Crippen LogP contribution in [0.15, 0.2) is 49.6 Å². The highest BCUT2D eigenvalue weighted by Crippen LogP contribution is 2.40. The molecular formula is C16H16O2. The topological polar surface area (TPSA) is 40.5 Å². The molecule has 0 bridgehead atoms. The van der Waals surface area contributed by atoms with Crippen molar-refractivity contribution in [3.8, 4) is 11.5 Å². The van der Waals surface area contributed by atoms with Crippen molar-refractivity contribution in [2.45, 2.75) is 12.8 Å². The minimum absolute atomic E-state index is 0.135. The number of hydrogen-bond acceptors (Lipinski definition) is 2. The van der Waals surface area contributed by atoms with E-state index < -0.39 is 0 Å². The Morgan fingerprint density at radius 1 is 0.833 bits per heavy atom. The van der Waals surface area contributed by atoms with E-state index in [-0.39, 0.29) is 11.5 Å². The predicted octanol–water partition coefficient (Wildman–Crippen LogP) is 3.71. The Bertz CT molecular complexity index is 612. The van der Waals surface area contributed by atoms with Crippen molar-refractivity contribution in [1.82, 2.24) is 0 Å². The number of rotatable bonds is 4. The van der Waals surface area contributed by atoms with Crippen LogP contribution in [0.5, 0.6) is 11.5 Å². The van der Waals surface area contributed by atoms with Crippen molar-refractivity contribution in [2.75, 3.05) is 0 Å². The van der Waals surface area contributed by atoms with Gasteiger partial charge in [0.15, 0.2) is 0 Å². The molecule has 0 saturated carbocycles. The molecule has 2 aromatic carbocycles. The van der Waals surface area contributed by atoms with Crippen LogP contribution in [0.4, 0.5) is 0 Å². The third-order valence-electron chi connectivity index (χ3n) is 3.06. The zero-order valence-electron chi connectivity index (χ0n) is 10.2.